The Balaban J connectivity index is 2.11. The maximum absolute atomic E-state index is 10.5. The number of hydrogen-bond donors (Lipinski definition) is 1. The molecule has 0 saturated heterocycles. The van der Waals surface area contributed by atoms with Crippen LogP contribution < -0.4 is 4.74 Å². The van der Waals surface area contributed by atoms with Crippen molar-refractivity contribution in [3.05, 3.63) is 52.0 Å². The van der Waals surface area contributed by atoms with Gasteiger partial charge in [-0.2, -0.15) is 0 Å². The summed E-state index contributed by atoms with van der Waals surface area (Å²) in [6, 6.07) is 7.44. The number of hydrogen-bond acceptors (Lipinski definition) is 4. The molecule has 0 aliphatic rings. The summed E-state index contributed by atoms with van der Waals surface area (Å²) in [6.07, 6.45) is 4.67. The van der Waals surface area contributed by atoms with Crippen LogP contribution in [0.4, 0.5) is 5.82 Å². The molecule has 0 aliphatic carbocycles. The Morgan fingerprint density at radius 1 is 1.33 bits per heavy atom. The average molecular weight is 245 g/mol. The molecule has 0 unspecified atom stereocenters. The molecular weight excluding hydrogens is 234 g/mol. The van der Waals surface area contributed by atoms with Gasteiger partial charge in [-0.3, -0.25) is 0 Å². The molecule has 1 aromatic carbocycles. The minimum Gasteiger partial charge on any atom is -0.497 e. The molecular formula is C12H11N3O3. The number of imidazole rings is 1. The SMILES string of the molecule is COc1ccc(/C=C/c2ncc([N+](=O)[O-])[nH]2)cc1. The largest absolute Gasteiger partial charge is 0.497 e. The molecule has 0 radical (unpaired) electrons. The highest BCUT2D eigenvalue weighted by molar-refractivity contribution is 5.67. The van der Waals surface area contributed by atoms with Gasteiger partial charge in [-0.05, 0) is 28.7 Å². The van der Waals surface area contributed by atoms with Gasteiger partial charge < -0.3 is 14.9 Å². The molecule has 0 bridgehead atoms. The van der Waals surface area contributed by atoms with Crippen LogP contribution in [0.15, 0.2) is 30.5 Å². The van der Waals surface area contributed by atoms with E-state index < -0.39 is 4.92 Å². The number of nitro groups is 1. The van der Waals surface area contributed by atoms with E-state index >= 15 is 0 Å². The fourth-order valence-corrected chi connectivity index (χ4v) is 1.39. The molecule has 1 heterocycles. The third-order valence-electron chi connectivity index (χ3n) is 2.33. The summed E-state index contributed by atoms with van der Waals surface area (Å²) in [6.45, 7) is 0. The van der Waals surface area contributed by atoms with Crippen LogP contribution in [0, 0.1) is 10.1 Å². The summed E-state index contributed by atoms with van der Waals surface area (Å²) < 4.78 is 5.04. The second-order valence-electron chi connectivity index (χ2n) is 3.52. The van der Waals surface area contributed by atoms with Crippen LogP contribution in [0.5, 0.6) is 5.75 Å². The number of ether oxygens (including phenoxy) is 1. The van der Waals surface area contributed by atoms with Gasteiger partial charge in [0.1, 0.15) is 11.9 Å². The standard InChI is InChI=1S/C12H11N3O3/c1-18-10-5-2-9(3-6-10)4-7-11-13-8-12(14-11)15(16)17/h2-8H,1H3,(H,13,14)/b7-4+. The number of rotatable bonds is 4. The zero-order chi connectivity index (χ0) is 13.0. The third kappa shape index (κ3) is 2.73. The molecule has 92 valence electrons. The van der Waals surface area contributed by atoms with E-state index in [9.17, 15) is 10.1 Å². The summed E-state index contributed by atoms with van der Waals surface area (Å²) >= 11 is 0. The van der Waals surface area contributed by atoms with Crippen LogP contribution in [-0.4, -0.2) is 22.0 Å². The number of benzene rings is 1. The van der Waals surface area contributed by atoms with Gasteiger partial charge in [0.05, 0.1) is 7.11 Å². The smallest absolute Gasteiger partial charge is 0.340 e. The molecule has 2 aromatic rings. The lowest BCUT2D eigenvalue weighted by atomic mass is 10.2. The first-order valence-electron chi connectivity index (χ1n) is 5.20. The normalized spacial score (nSPS) is 10.7. The lowest BCUT2D eigenvalue weighted by Crippen LogP contribution is -1.86. The van der Waals surface area contributed by atoms with Crippen molar-refractivity contribution in [2.24, 2.45) is 0 Å². The Labute approximate surface area is 103 Å². The first-order valence-corrected chi connectivity index (χ1v) is 5.20. The van der Waals surface area contributed by atoms with E-state index in [-0.39, 0.29) is 5.82 Å². The number of aromatic nitrogens is 2. The second-order valence-corrected chi connectivity index (χ2v) is 3.52. The quantitative estimate of drug-likeness (QED) is 0.662. The summed E-state index contributed by atoms with van der Waals surface area (Å²) in [7, 11) is 1.60. The van der Waals surface area contributed by atoms with Gasteiger partial charge in [0, 0.05) is 6.08 Å². The Morgan fingerprint density at radius 2 is 2.06 bits per heavy atom. The van der Waals surface area contributed by atoms with Crippen molar-refractivity contribution in [3.8, 4) is 5.75 Å². The monoisotopic (exact) mass is 245 g/mol. The molecule has 1 aromatic heterocycles. The lowest BCUT2D eigenvalue weighted by molar-refractivity contribution is -0.389. The van der Waals surface area contributed by atoms with Crippen molar-refractivity contribution >= 4 is 18.0 Å². The van der Waals surface area contributed by atoms with Crippen LogP contribution in [-0.2, 0) is 0 Å². The molecule has 6 heteroatoms. The van der Waals surface area contributed by atoms with E-state index in [1.54, 1.807) is 13.2 Å². The second kappa shape index (κ2) is 5.13. The van der Waals surface area contributed by atoms with Gasteiger partial charge in [0.15, 0.2) is 0 Å². The molecule has 1 N–H and O–H groups in total. The highest BCUT2D eigenvalue weighted by atomic mass is 16.6. The predicted octanol–water partition coefficient (Wildman–Crippen LogP) is 2.50. The minimum absolute atomic E-state index is 0.121. The molecule has 18 heavy (non-hydrogen) atoms. The summed E-state index contributed by atoms with van der Waals surface area (Å²) in [5, 5.41) is 10.5. The summed E-state index contributed by atoms with van der Waals surface area (Å²) in [5.41, 5.74) is 0.954. The van der Waals surface area contributed by atoms with Crippen molar-refractivity contribution < 1.29 is 9.66 Å². The molecule has 0 saturated carbocycles. The van der Waals surface area contributed by atoms with Gasteiger partial charge in [-0.1, -0.05) is 12.1 Å². The molecule has 2 rings (SSSR count). The van der Waals surface area contributed by atoms with Gasteiger partial charge in [-0.25, -0.2) is 9.97 Å². The minimum atomic E-state index is -0.516. The van der Waals surface area contributed by atoms with Gasteiger partial charge in [-0.15, -0.1) is 0 Å². The Kier molecular flexibility index (Phi) is 3.38. The van der Waals surface area contributed by atoms with E-state index in [0.29, 0.717) is 5.82 Å². The van der Waals surface area contributed by atoms with E-state index in [2.05, 4.69) is 9.97 Å². The van der Waals surface area contributed by atoms with Crippen molar-refractivity contribution in [2.45, 2.75) is 0 Å². The van der Waals surface area contributed by atoms with Gasteiger partial charge >= 0.3 is 5.82 Å². The Bertz CT molecular complexity index is 573. The van der Waals surface area contributed by atoms with Crippen molar-refractivity contribution in [3.63, 3.8) is 0 Å². The summed E-state index contributed by atoms with van der Waals surface area (Å²) in [5.74, 6) is 1.10. The van der Waals surface area contributed by atoms with Crippen LogP contribution in [0.1, 0.15) is 11.4 Å². The van der Waals surface area contributed by atoms with E-state index in [4.69, 9.17) is 4.74 Å². The van der Waals surface area contributed by atoms with Crippen LogP contribution in [0.2, 0.25) is 0 Å². The molecule has 6 nitrogen and oxygen atoms in total. The van der Waals surface area contributed by atoms with Crippen molar-refractivity contribution in [1.82, 2.24) is 9.97 Å². The number of H-pyrrole nitrogens is 1. The zero-order valence-electron chi connectivity index (χ0n) is 9.66. The van der Waals surface area contributed by atoms with E-state index in [1.807, 2.05) is 30.3 Å². The van der Waals surface area contributed by atoms with E-state index in [0.717, 1.165) is 11.3 Å². The molecule has 0 fully saturated rings. The maximum atomic E-state index is 10.5. The van der Waals surface area contributed by atoms with Crippen molar-refractivity contribution in [1.29, 1.82) is 0 Å². The fraction of sp³-hybridized carbons (Fsp3) is 0.0833. The Hall–Kier alpha value is -2.63. The average Bonchev–Trinajstić information content (AvgIpc) is 2.86. The third-order valence-corrected chi connectivity index (χ3v) is 2.33. The van der Waals surface area contributed by atoms with Gasteiger partial charge in [0.25, 0.3) is 0 Å². The topological polar surface area (TPSA) is 81.1 Å². The van der Waals surface area contributed by atoms with Crippen LogP contribution >= 0.6 is 0 Å². The number of methoxy groups -OCH3 is 1. The molecule has 0 atom stereocenters. The maximum Gasteiger partial charge on any atom is 0.340 e. The Morgan fingerprint density at radius 3 is 2.61 bits per heavy atom. The van der Waals surface area contributed by atoms with Crippen molar-refractivity contribution in [2.75, 3.05) is 7.11 Å². The highest BCUT2D eigenvalue weighted by Crippen LogP contribution is 2.14. The summed E-state index contributed by atoms with van der Waals surface area (Å²) in [4.78, 5) is 16.4. The zero-order valence-corrected chi connectivity index (χ0v) is 9.66. The predicted molar refractivity (Wildman–Crippen MR) is 67.2 cm³/mol. The number of nitrogens with one attached hydrogen (secondary N) is 1. The fourth-order valence-electron chi connectivity index (χ4n) is 1.39. The number of nitrogens with zero attached hydrogens (tertiary/aromatic N) is 2. The van der Waals surface area contributed by atoms with Crippen LogP contribution in [0.3, 0.4) is 0 Å². The highest BCUT2D eigenvalue weighted by Gasteiger charge is 2.06. The first-order chi connectivity index (χ1) is 8.69. The van der Waals surface area contributed by atoms with E-state index in [1.165, 1.54) is 6.20 Å². The van der Waals surface area contributed by atoms with Crippen LogP contribution in [0.25, 0.3) is 12.2 Å². The molecule has 0 aliphatic heterocycles. The first kappa shape index (κ1) is 11.8. The molecule has 0 amide bonds. The number of aromatic amines is 1. The van der Waals surface area contributed by atoms with Gasteiger partial charge in [0.2, 0.25) is 5.82 Å². The molecule has 0 spiro atoms. The lowest BCUT2D eigenvalue weighted by Gasteiger charge is -1.98.